The summed E-state index contributed by atoms with van der Waals surface area (Å²) in [5.41, 5.74) is 1.22. The molecule has 9 atom stereocenters. The number of hydrogen-bond acceptors (Lipinski definition) is 4. The maximum atomic E-state index is 14.3. The zero-order valence-corrected chi connectivity index (χ0v) is 35.6. The molecule has 52 heavy (non-hydrogen) atoms. The van der Waals surface area contributed by atoms with E-state index in [4.69, 9.17) is 4.74 Å². The average molecular weight is 725 g/mol. The zero-order chi connectivity index (χ0) is 37.8. The number of carbonyl (C=O) groups excluding carboxylic acids is 1. The molecule has 4 heteroatoms. The fourth-order valence-electron chi connectivity index (χ4n) is 13.7. The van der Waals surface area contributed by atoms with E-state index in [9.17, 15) is 15.0 Å². The van der Waals surface area contributed by atoms with Crippen LogP contribution >= 0.6 is 0 Å². The molecular formula is C48H84O4. The number of fused-ring (bicyclic) bond motifs is 7. The summed E-state index contributed by atoms with van der Waals surface area (Å²) in [7, 11) is 0. The Morgan fingerprint density at radius 3 is 1.81 bits per heavy atom. The Morgan fingerprint density at radius 1 is 0.692 bits per heavy atom. The molecule has 0 aromatic rings. The van der Waals surface area contributed by atoms with Crippen molar-refractivity contribution in [1.82, 2.24) is 0 Å². The number of rotatable bonds is 18. The number of aliphatic hydroxyl groups is 2. The monoisotopic (exact) mass is 725 g/mol. The molecule has 300 valence electrons. The van der Waals surface area contributed by atoms with Crippen LogP contribution in [-0.4, -0.2) is 35.0 Å². The van der Waals surface area contributed by atoms with Crippen molar-refractivity contribution in [2.75, 3.05) is 6.61 Å². The first-order chi connectivity index (χ1) is 24.6. The van der Waals surface area contributed by atoms with Gasteiger partial charge >= 0.3 is 5.97 Å². The van der Waals surface area contributed by atoms with Crippen LogP contribution in [0.1, 0.15) is 216 Å². The van der Waals surface area contributed by atoms with Crippen LogP contribution in [0.25, 0.3) is 0 Å². The van der Waals surface area contributed by atoms with Crippen LogP contribution in [-0.2, 0) is 9.53 Å². The van der Waals surface area contributed by atoms with E-state index < -0.39 is 12.2 Å². The van der Waals surface area contributed by atoms with Gasteiger partial charge in [0.15, 0.2) is 0 Å². The molecule has 0 aromatic carbocycles. The second kappa shape index (κ2) is 17.1. The van der Waals surface area contributed by atoms with Crippen molar-refractivity contribution in [3.05, 3.63) is 11.6 Å². The van der Waals surface area contributed by atoms with Gasteiger partial charge in [-0.1, -0.05) is 163 Å². The zero-order valence-electron chi connectivity index (χ0n) is 35.6. The number of ether oxygens (including phenoxy) is 1. The third-order valence-corrected chi connectivity index (χ3v) is 17.2. The highest BCUT2D eigenvalue weighted by Crippen LogP contribution is 2.75. The van der Waals surface area contributed by atoms with Crippen molar-refractivity contribution in [1.29, 1.82) is 0 Å². The second-order valence-corrected chi connectivity index (χ2v) is 21.3. The highest BCUT2D eigenvalue weighted by molar-refractivity contribution is 5.78. The molecule has 4 nitrogen and oxygen atoms in total. The third kappa shape index (κ3) is 8.16. The Balaban J connectivity index is 1.13. The van der Waals surface area contributed by atoms with Crippen LogP contribution < -0.4 is 0 Å². The van der Waals surface area contributed by atoms with Crippen molar-refractivity contribution < 1.29 is 19.7 Å². The first kappa shape index (κ1) is 42.3. The van der Waals surface area contributed by atoms with Crippen LogP contribution in [0.5, 0.6) is 0 Å². The van der Waals surface area contributed by atoms with E-state index >= 15 is 0 Å². The molecule has 0 saturated heterocycles. The van der Waals surface area contributed by atoms with Gasteiger partial charge in [0.05, 0.1) is 24.2 Å². The highest BCUT2D eigenvalue weighted by Gasteiger charge is 2.70. The van der Waals surface area contributed by atoms with Crippen LogP contribution in [0.3, 0.4) is 0 Å². The van der Waals surface area contributed by atoms with Gasteiger partial charge in [-0.2, -0.15) is 0 Å². The Kier molecular flexibility index (Phi) is 13.9. The third-order valence-electron chi connectivity index (χ3n) is 17.2. The normalized spacial score (nSPS) is 39.0. The van der Waals surface area contributed by atoms with Crippen molar-refractivity contribution in [2.24, 2.45) is 50.2 Å². The standard InChI is InChI=1S/C48H84O4/c1-9-10-11-12-13-14-15-16-17-18-19-20-21-22-23-24-33-52-42(51)48-31-29-43(2,3)34-37(48)36-25-26-40-45(6)35-38(49)41(50)44(4,5)39(45)27-28-47(40,8)46(36,7)30-32-48/h25,37-41,49-50H,9-24,26-35H2,1-8H3/t37-,38+,39-,40+,41-,45-,46+,47+,48-/m0/s1. The smallest absolute Gasteiger partial charge is 0.312 e. The van der Waals surface area contributed by atoms with E-state index in [0.29, 0.717) is 24.9 Å². The molecule has 0 aromatic heterocycles. The topological polar surface area (TPSA) is 66.8 Å². The number of carbonyl (C=O) groups is 1. The van der Waals surface area contributed by atoms with Gasteiger partial charge < -0.3 is 14.9 Å². The first-order valence-electron chi connectivity index (χ1n) is 22.8. The molecular weight excluding hydrogens is 641 g/mol. The number of esters is 1. The van der Waals surface area contributed by atoms with E-state index in [1.54, 1.807) is 5.57 Å². The summed E-state index contributed by atoms with van der Waals surface area (Å²) in [6.45, 7) is 19.7. The average Bonchev–Trinajstić information content (AvgIpc) is 3.08. The summed E-state index contributed by atoms with van der Waals surface area (Å²) >= 11 is 0. The number of unbranched alkanes of at least 4 members (excludes halogenated alkanes) is 15. The summed E-state index contributed by atoms with van der Waals surface area (Å²) in [6, 6.07) is 0. The van der Waals surface area contributed by atoms with Crippen molar-refractivity contribution in [2.45, 2.75) is 228 Å². The van der Waals surface area contributed by atoms with Gasteiger partial charge in [0.2, 0.25) is 0 Å². The SMILES string of the molecule is CCCCCCCCCCCCCCCCCCOC(=O)[C@]12CCC(C)(C)C[C@H]1C1=CC[C@@H]3[C@@]4(C)C[C@@H](O)[C@H](O)C(C)(C)[C@@H]4CC[C@@]3(C)[C@]1(C)CC2. The Hall–Kier alpha value is -0.870. The summed E-state index contributed by atoms with van der Waals surface area (Å²) in [5, 5.41) is 22.3. The summed E-state index contributed by atoms with van der Waals surface area (Å²) < 4.78 is 6.29. The maximum absolute atomic E-state index is 14.3. The van der Waals surface area contributed by atoms with E-state index in [2.05, 4.69) is 61.5 Å². The second-order valence-electron chi connectivity index (χ2n) is 21.3. The molecule has 0 amide bonds. The summed E-state index contributed by atoms with van der Waals surface area (Å²) in [6.07, 6.45) is 32.0. The summed E-state index contributed by atoms with van der Waals surface area (Å²) in [5.74, 6) is 1.21. The Bertz CT molecular complexity index is 1200. The molecule has 0 radical (unpaired) electrons. The Morgan fingerprint density at radius 2 is 1.23 bits per heavy atom. The lowest BCUT2D eigenvalue weighted by atomic mass is 9.33. The van der Waals surface area contributed by atoms with Crippen molar-refractivity contribution in [3.8, 4) is 0 Å². The molecule has 0 bridgehead atoms. The fraction of sp³-hybridized carbons (Fsp3) is 0.938. The number of aliphatic hydroxyl groups excluding tert-OH is 2. The quantitative estimate of drug-likeness (QED) is 0.0839. The molecule has 4 fully saturated rings. The fourth-order valence-corrected chi connectivity index (χ4v) is 13.7. The van der Waals surface area contributed by atoms with Gasteiger partial charge in [-0.05, 0) is 109 Å². The minimum atomic E-state index is -0.668. The van der Waals surface area contributed by atoms with E-state index in [1.165, 1.54) is 96.3 Å². The first-order valence-corrected chi connectivity index (χ1v) is 22.8. The molecule has 2 N–H and O–H groups in total. The summed E-state index contributed by atoms with van der Waals surface area (Å²) in [4.78, 5) is 14.3. The van der Waals surface area contributed by atoms with E-state index in [-0.39, 0.29) is 44.4 Å². The predicted octanol–water partition coefficient (Wildman–Crippen LogP) is 12.9. The lowest BCUT2D eigenvalue weighted by molar-refractivity contribution is -0.232. The van der Waals surface area contributed by atoms with Gasteiger partial charge in [-0.25, -0.2) is 0 Å². The molecule has 5 rings (SSSR count). The minimum absolute atomic E-state index is 0.0214. The molecule has 0 aliphatic heterocycles. The molecule has 0 heterocycles. The van der Waals surface area contributed by atoms with Gasteiger partial charge in [0.1, 0.15) is 0 Å². The lowest BCUT2D eigenvalue weighted by Gasteiger charge is -2.71. The van der Waals surface area contributed by atoms with Gasteiger partial charge in [-0.15, -0.1) is 0 Å². The van der Waals surface area contributed by atoms with Crippen LogP contribution in [0.2, 0.25) is 0 Å². The van der Waals surface area contributed by atoms with Crippen molar-refractivity contribution >= 4 is 5.97 Å². The molecule has 0 unspecified atom stereocenters. The van der Waals surface area contributed by atoms with Gasteiger partial charge in [0.25, 0.3) is 0 Å². The van der Waals surface area contributed by atoms with E-state index in [1.807, 2.05) is 0 Å². The Labute approximate surface area is 321 Å². The number of hydrogen-bond donors (Lipinski definition) is 2. The highest BCUT2D eigenvalue weighted by atomic mass is 16.5. The minimum Gasteiger partial charge on any atom is -0.465 e. The van der Waals surface area contributed by atoms with Crippen LogP contribution in [0.4, 0.5) is 0 Å². The molecule has 5 aliphatic carbocycles. The maximum Gasteiger partial charge on any atom is 0.312 e. The van der Waals surface area contributed by atoms with Crippen LogP contribution in [0, 0.1) is 50.2 Å². The van der Waals surface area contributed by atoms with E-state index in [0.717, 1.165) is 57.8 Å². The van der Waals surface area contributed by atoms with Crippen molar-refractivity contribution in [3.63, 3.8) is 0 Å². The molecule has 4 saturated carbocycles. The predicted molar refractivity (Wildman–Crippen MR) is 217 cm³/mol. The largest absolute Gasteiger partial charge is 0.465 e. The van der Waals surface area contributed by atoms with Crippen LogP contribution in [0.15, 0.2) is 11.6 Å². The number of allylic oxidation sites excluding steroid dienone is 2. The molecule has 0 spiro atoms. The van der Waals surface area contributed by atoms with Gasteiger partial charge in [0, 0.05) is 0 Å². The lowest BCUT2D eigenvalue weighted by Crippen LogP contribution is -2.67. The molecule has 5 aliphatic rings. The van der Waals surface area contributed by atoms with Gasteiger partial charge in [-0.3, -0.25) is 4.79 Å².